The van der Waals surface area contributed by atoms with E-state index in [2.05, 4.69) is 466 Å². The summed E-state index contributed by atoms with van der Waals surface area (Å²) < 4.78 is 0. The van der Waals surface area contributed by atoms with Crippen LogP contribution in [0.5, 0.6) is 0 Å². The van der Waals surface area contributed by atoms with Crippen LogP contribution in [0, 0.1) is 20.8 Å². The second-order valence-corrected chi connectivity index (χ2v) is 26.2. The van der Waals surface area contributed by atoms with E-state index in [0.717, 1.165) is 79.6 Å². The molecule has 0 aliphatic rings. The average Bonchev–Trinajstić information content (AvgIpc) is 0.765. The third-order valence-corrected chi connectivity index (χ3v) is 19.2. The molecule has 0 aliphatic carbocycles. The molecule has 0 heterocycles. The topological polar surface area (TPSA) is 19.4 Å². The SMILES string of the molecule is Cc1ccc(N(c2ccccc2)c2ccc(N(C)c3c4ccccc4cc4ccccc34)cc2)cc1.Cc1ccc(N(c2ccccc2)c2ccc(N(C)c3ccc(-c4ccccc4)cc3)cc2)cc1.Cc1ccc(N(c2ccccc2)c2ccc(N(C)c3cccc(-c4ccccc4)c3)cc2)cc1. The van der Waals surface area contributed by atoms with Gasteiger partial charge in [0.2, 0.25) is 0 Å². The Labute approximate surface area is 613 Å². The van der Waals surface area contributed by atoms with Crippen molar-refractivity contribution in [2.75, 3.05) is 50.5 Å². The van der Waals surface area contributed by atoms with E-state index in [4.69, 9.17) is 0 Å². The second-order valence-electron chi connectivity index (χ2n) is 26.2. The molecule has 104 heavy (non-hydrogen) atoms. The van der Waals surface area contributed by atoms with Crippen molar-refractivity contribution in [3.63, 3.8) is 0 Å². The minimum atomic E-state index is 1.13. The van der Waals surface area contributed by atoms with Crippen LogP contribution in [-0.2, 0) is 0 Å². The van der Waals surface area contributed by atoms with Gasteiger partial charge in [-0.25, -0.2) is 0 Å². The van der Waals surface area contributed by atoms with Gasteiger partial charge in [0.15, 0.2) is 0 Å². The van der Waals surface area contributed by atoms with Crippen LogP contribution < -0.4 is 29.4 Å². The molecule has 0 saturated heterocycles. The van der Waals surface area contributed by atoms with Crippen LogP contribution in [0.1, 0.15) is 16.7 Å². The van der Waals surface area contributed by atoms with Crippen molar-refractivity contribution in [3.05, 3.63) is 417 Å². The lowest BCUT2D eigenvalue weighted by Crippen LogP contribution is -2.12. The molecule has 0 aromatic heterocycles. The van der Waals surface area contributed by atoms with Gasteiger partial charge >= 0.3 is 0 Å². The Bertz CT molecular complexity index is 5340. The molecule has 0 fully saturated rings. The van der Waals surface area contributed by atoms with E-state index in [-0.39, 0.29) is 0 Å². The molecule has 0 atom stereocenters. The Balaban J connectivity index is 0.000000132. The summed E-state index contributed by atoms with van der Waals surface area (Å²) in [4.78, 5) is 13.6. The zero-order valence-corrected chi connectivity index (χ0v) is 59.8. The highest BCUT2D eigenvalue weighted by atomic mass is 15.2. The monoisotopic (exact) mass is 1340 g/mol. The largest absolute Gasteiger partial charge is 0.345 e. The quantitative estimate of drug-likeness (QED) is 0.0841. The number of fused-ring (bicyclic) bond motifs is 2. The van der Waals surface area contributed by atoms with Crippen molar-refractivity contribution < 1.29 is 0 Å². The first-order valence-corrected chi connectivity index (χ1v) is 35.6. The molecule has 0 spiro atoms. The summed E-state index contributed by atoms with van der Waals surface area (Å²) in [5.74, 6) is 0. The van der Waals surface area contributed by atoms with Gasteiger partial charge in [0.05, 0.1) is 5.69 Å². The van der Waals surface area contributed by atoms with Crippen LogP contribution in [0.15, 0.2) is 400 Å². The van der Waals surface area contributed by atoms with Gasteiger partial charge < -0.3 is 29.4 Å². The Morgan fingerprint density at radius 2 is 0.394 bits per heavy atom. The van der Waals surface area contributed by atoms with Crippen LogP contribution in [0.2, 0.25) is 0 Å². The van der Waals surface area contributed by atoms with Crippen LogP contribution >= 0.6 is 0 Å². The standard InChI is InChI=1S/C34H28N2.2C32H28N2/c1-25-16-18-30(19-17-25)36(29-12-4-3-5-13-29)31-22-20-28(21-23-31)35(2)34-32-14-8-6-10-26(32)24-27-11-7-9-15-33(27)34;1-25-16-18-30(19-17-25)34(29-13-7-4-8-14-29)31-22-20-28(21-23-31)33(2)32-15-9-12-27(24-32)26-10-5-3-6-11-26;1-25-13-17-31(18-14-25)34(30-11-7-4-8-12-30)32-23-21-29(22-24-32)33(2)28-19-15-27(16-20-28)26-9-5-3-6-10-26/h3-24H,1-2H3;2*3-24H,1-2H3. The van der Waals surface area contributed by atoms with E-state index in [9.17, 15) is 0 Å². The number of anilines is 15. The van der Waals surface area contributed by atoms with Crippen LogP contribution in [0.25, 0.3) is 43.8 Å². The fourth-order valence-corrected chi connectivity index (χ4v) is 13.4. The van der Waals surface area contributed by atoms with E-state index < -0.39 is 0 Å². The maximum atomic E-state index is 2.31. The summed E-state index contributed by atoms with van der Waals surface area (Å²) in [6, 6.07) is 142. The molecule has 16 aromatic carbocycles. The molecule has 0 saturated carbocycles. The number of benzene rings is 16. The molecule has 6 heteroatoms. The van der Waals surface area contributed by atoms with Gasteiger partial charge in [-0.1, -0.05) is 241 Å². The minimum absolute atomic E-state index is 1.13. The van der Waals surface area contributed by atoms with Crippen molar-refractivity contribution in [1.82, 2.24) is 0 Å². The predicted octanol–water partition coefficient (Wildman–Crippen LogP) is 27.3. The molecule has 0 aliphatic heterocycles. The number of aryl methyl sites for hydroxylation is 3. The first-order chi connectivity index (χ1) is 51.1. The number of hydrogen-bond acceptors (Lipinski definition) is 6. The van der Waals surface area contributed by atoms with Crippen LogP contribution in [0.4, 0.5) is 85.3 Å². The second kappa shape index (κ2) is 32.0. The molecule has 0 N–H and O–H groups in total. The molecule has 0 amide bonds. The van der Waals surface area contributed by atoms with Gasteiger partial charge in [-0.05, 0) is 230 Å². The Morgan fingerprint density at radius 3 is 0.750 bits per heavy atom. The molecule has 6 nitrogen and oxygen atoms in total. The lowest BCUT2D eigenvalue weighted by Gasteiger charge is -2.27. The van der Waals surface area contributed by atoms with Gasteiger partial charge in [-0.15, -0.1) is 0 Å². The molecular formula is C98H84N6. The van der Waals surface area contributed by atoms with E-state index in [1.54, 1.807) is 0 Å². The Morgan fingerprint density at radius 1 is 0.163 bits per heavy atom. The fraction of sp³-hybridized carbons (Fsp3) is 0.0612. The summed E-state index contributed by atoms with van der Waals surface area (Å²) >= 11 is 0. The van der Waals surface area contributed by atoms with Crippen LogP contribution in [-0.4, -0.2) is 21.1 Å². The number of para-hydroxylation sites is 3. The zero-order valence-electron chi connectivity index (χ0n) is 59.8. The van der Waals surface area contributed by atoms with Gasteiger partial charge in [0, 0.05) is 112 Å². The highest BCUT2D eigenvalue weighted by Crippen LogP contribution is 2.43. The van der Waals surface area contributed by atoms with E-state index in [0.29, 0.717) is 0 Å². The third kappa shape index (κ3) is 15.7. The molecule has 16 rings (SSSR count). The van der Waals surface area contributed by atoms with Crippen molar-refractivity contribution >= 4 is 107 Å². The number of nitrogens with zero attached hydrogens (tertiary/aromatic N) is 6. The number of hydrogen-bond donors (Lipinski definition) is 0. The van der Waals surface area contributed by atoms with Gasteiger partial charge in [-0.2, -0.15) is 0 Å². The highest BCUT2D eigenvalue weighted by molar-refractivity contribution is 6.12. The third-order valence-electron chi connectivity index (χ3n) is 19.2. The zero-order chi connectivity index (χ0) is 71.1. The normalized spacial score (nSPS) is 10.8. The van der Waals surface area contributed by atoms with Crippen molar-refractivity contribution in [3.8, 4) is 22.3 Å². The summed E-state index contributed by atoms with van der Waals surface area (Å²) in [5, 5.41) is 5.02. The number of rotatable bonds is 17. The first kappa shape index (κ1) is 68.0. The maximum absolute atomic E-state index is 2.31. The summed E-state index contributed by atoms with van der Waals surface area (Å²) in [6.45, 7) is 6.36. The van der Waals surface area contributed by atoms with E-state index in [1.165, 1.54) is 66.2 Å². The molecule has 506 valence electrons. The van der Waals surface area contributed by atoms with Gasteiger partial charge in [0.1, 0.15) is 0 Å². The maximum Gasteiger partial charge on any atom is 0.0567 e. The molecule has 16 aromatic rings. The smallest absolute Gasteiger partial charge is 0.0567 e. The summed E-state index contributed by atoms with van der Waals surface area (Å²) in [7, 11) is 6.40. The highest BCUT2D eigenvalue weighted by Gasteiger charge is 2.19. The van der Waals surface area contributed by atoms with Crippen molar-refractivity contribution in [2.24, 2.45) is 0 Å². The first-order valence-electron chi connectivity index (χ1n) is 35.6. The average molecular weight is 1350 g/mol. The van der Waals surface area contributed by atoms with E-state index in [1.807, 2.05) is 6.07 Å². The fourth-order valence-electron chi connectivity index (χ4n) is 13.4. The van der Waals surface area contributed by atoms with Crippen LogP contribution in [0.3, 0.4) is 0 Å². The predicted molar refractivity (Wildman–Crippen MR) is 447 cm³/mol. The lowest BCUT2D eigenvalue weighted by molar-refractivity contribution is 1.20. The molecule has 0 unspecified atom stereocenters. The summed E-state index contributed by atoms with van der Waals surface area (Å²) in [5.41, 5.74) is 25.9. The Kier molecular flexibility index (Phi) is 20.9. The molecule has 0 radical (unpaired) electrons. The minimum Gasteiger partial charge on any atom is -0.345 e. The lowest BCUT2D eigenvalue weighted by atomic mass is 10.00. The molecular weight excluding hydrogens is 1260 g/mol. The van der Waals surface area contributed by atoms with Crippen molar-refractivity contribution in [1.29, 1.82) is 0 Å². The van der Waals surface area contributed by atoms with Gasteiger partial charge in [0.25, 0.3) is 0 Å². The van der Waals surface area contributed by atoms with E-state index >= 15 is 0 Å². The summed E-state index contributed by atoms with van der Waals surface area (Å²) in [6.07, 6.45) is 0. The van der Waals surface area contributed by atoms with Crippen molar-refractivity contribution in [2.45, 2.75) is 20.8 Å². The van der Waals surface area contributed by atoms with Gasteiger partial charge in [-0.3, -0.25) is 0 Å². The molecule has 0 bridgehead atoms. The Hall–Kier alpha value is -13.2.